The number of anilines is 2. The second kappa shape index (κ2) is 11.4. The van der Waals surface area contributed by atoms with Crippen molar-refractivity contribution in [3.05, 3.63) is 83.0 Å². The van der Waals surface area contributed by atoms with Crippen molar-refractivity contribution in [3.8, 4) is 22.4 Å². The number of hydrogen-bond donors (Lipinski definition) is 3. The van der Waals surface area contributed by atoms with E-state index in [0.29, 0.717) is 29.7 Å². The highest BCUT2D eigenvalue weighted by molar-refractivity contribution is 6.76. The van der Waals surface area contributed by atoms with E-state index >= 15 is 0 Å². The van der Waals surface area contributed by atoms with Crippen molar-refractivity contribution in [1.82, 2.24) is 14.5 Å². The summed E-state index contributed by atoms with van der Waals surface area (Å²) in [6, 6.07) is 16.0. The van der Waals surface area contributed by atoms with Crippen LogP contribution in [0.4, 0.5) is 16.2 Å². The van der Waals surface area contributed by atoms with E-state index in [0.717, 1.165) is 52.8 Å². The van der Waals surface area contributed by atoms with Crippen LogP contribution >= 0.6 is 11.6 Å². The summed E-state index contributed by atoms with van der Waals surface area (Å²) < 4.78 is 8.22. The van der Waals surface area contributed by atoms with Crippen LogP contribution in [0.5, 0.6) is 0 Å². The molecule has 0 saturated heterocycles. The van der Waals surface area contributed by atoms with E-state index in [2.05, 4.69) is 35.6 Å². The first kappa shape index (κ1) is 27.9. The highest BCUT2D eigenvalue weighted by atomic mass is 35.5. The molecule has 5 rings (SSSR count). The molecule has 1 atom stereocenters. The van der Waals surface area contributed by atoms with E-state index in [4.69, 9.17) is 37.1 Å². The molecule has 0 saturated carbocycles. The number of ether oxygens (including phenoxy) is 1. The topological polar surface area (TPSA) is 115 Å². The van der Waals surface area contributed by atoms with Gasteiger partial charge < -0.3 is 20.1 Å². The number of hydrogen-bond acceptors (Lipinski definition) is 5. The number of nitrogens with one attached hydrogen (secondary N) is 1. The van der Waals surface area contributed by atoms with Crippen LogP contribution in [0.3, 0.4) is 0 Å². The summed E-state index contributed by atoms with van der Waals surface area (Å²) in [6.45, 7) is 8.14. The Morgan fingerprint density at radius 2 is 1.95 bits per heavy atom. The number of nitrogen functional groups attached to an aromatic ring is 1. The third-order valence-electron chi connectivity index (χ3n) is 7.14. The summed E-state index contributed by atoms with van der Waals surface area (Å²) in [7, 11) is -1.21. The van der Waals surface area contributed by atoms with Crippen LogP contribution in [-0.4, -0.2) is 40.4 Å². The number of carboxylic acid groups (broad SMARTS) is 1. The van der Waals surface area contributed by atoms with Gasteiger partial charge >= 0.3 is 6.09 Å². The Labute approximate surface area is 240 Å². The highest BCUT2D eigenvalue weighted by Gasteiger charge is 2.30. The van der Waals surface area contributed by atoms with Crippen LogP contribution in [0, 0.1) is 0 Å². The molecule has 0 fully saturated rings. The highest BCUT2D eigenvalue weighted by Crippen LogP contribution is 2.40. The molecular weight excluding hydrogens is 542 g/mol. The standard InChI is InChI=1S/C30H34ClN5O3Si/c1-40(2,3)13-12-39-18-36-17-27(19-4-8-23(9-5-19)34-30(37)38)35-29(36)24-10-6-20-14-21(16-33-28(20)24)25-15-22(31)7-11-26(25)32/h4-5,7-9,11,14-17,24,34H,6,10,12-13,18,32H2,1-3H3,(H,37,38). The van der Waals surface area contributed by atoms with Crippen molar-refractivity contribution in [2.24, 2.45) is 0 Å². The summed E-state index contributed by atoms with van der Waals surface area (Å²) in [5, 5.41) is 12.0. The molecule has 2 heterocycles. The number of aryl methyl sites for hydroxylation is 1. The number of nitrogens with zero attached hydrogens (tertiary/aromatic N) is 3. The number of benzene rings is 2. The minimum Gasteiger partial charge on any atom is -0.465 e. The van der Waals surface area contributed by atoms with Crippen LogP contribution in [0.25, 0.3) is 22.4 Å². The molecule has 0 bridgehead atoms. The molecule has 1 amide bonds. The van der Waals surface area contributed by atoms with E-state index in [1.54, 1.807) is 18.2 Å². The zero-order chi connectivity index (χ0) is 28.4. The van der Waals surface area contributed by atoms with Crippen molar-refractivity contribution in [2.45, 2.75) is 51.2 Å². The summed E-state index contributed by atoms with van der Waals surface area (Å²) in [4.78, 5) is 21.0. The molecule has 10 heteroatoms. The molecule has 0 spiro atoms. The van der Waals surface area contributed by atoms with Crippen molar-refractivity contribution in [1.29, 1.82) is 0 Å². The van der Waals surface area contributed by atoms with Crippen molar-refractivity contribution in [2.75, 3.05) is 17.7 Å². The molecule has 208 valence electrons. The number of rotatable bonds is 9. The Kier molecular flexibility index (Phi) is 7.98. The number of pyridine rings is 1. The fourth-order valence-electron chi connectivity index (χ4n) is 4.99. The smallest absolute Gasteiger partial charge is 0.409 e. The van der Waals surface area contributed by atoms with E-state index < -0.39 is 14.2 Å². The second-order valence-corrected chi connectivity index (χ2v) is 17.5. The first-order valence-corrected chi connectivity index (χ1v) is 17.5. The van der Waals surface area contributed by atoms with E-state index in [1.807, 2.05) is 36.7 Å². The Bertz CT molecular complexity index is 1530. The van der Waals surface area contributed by atoms with Gasteiger partial charge in [0, 0.05) is 60.2 Å². The fourth-order valence-corrected chi connectivity index (χ4v) is 5.92. The zero-order valence-corrected chi connectivity index (χ0v) is 24.7. The largest absolute Gasteiger partial charge is 0.465 e. The minimum absolute atomic E-state index is 0.0306. The number of nitrogens with two attached hydrogens (primary N) is 1. The Morgan fingerprint density at radius 3 is 2.67 bits per heavy atom. The summed E-state index contributed by atoms with van der Waals surface area (Å²) in [5.41, 5.74) is 13.2. The van der Waals surface area contributed by atoms with Crippen molar-refractivity contribution < 1.29 is 14.6 Å². The SMILES string of the molecule is C[Si](C)(C)CCOCn1cc(-c2ccc(NC(=O)O)cc2)nc1C1CCc2cc(-c3cc(Cl)ccc3N)cnc21. The van der Waals surface area contributed by atoms with Gasteiger partial charge in [-0.2, -0.15) is 0 Å². The molecule has 1 unspecified atom stereocenters. The number of carbonyl (C=O) groups is 1. The number of fused-ring (bicyclic) bond motifs is 1. The Morgan fingerprint density at radius 1 is 1.18 bits per heavy atom. The molecule has 2 aromatic heterocycles. The second-order valence-electron chi connectivity index (χ2n) is 11.4. The lowest BCUT2D eigenvalue weighted by Crippen LogP contribution is -2.22. The van der Waals surface area contributed by atoms with Gasteiger partial charge in [0.1, 0.15) is 12.6 Å². The van der Waals surface area contributed by atoms with Crippen LogP contribution in [0.1, 0.15) is 29.4 Å². The van der Waals surface area contributed by atoms with E-state index in [9.17, 15) is 4.79 Å². The average Bonchev–Trinajstić information content (AvgIpc) is 3.51. The molecular formula is C30H34ClN5O3Si. The Hall–Kier alpha value is -3.66. The maximum absolute atomic E-state index is 11.0. The first-order valence-electron chi connectivity index (χ1n) is 13.4. The lowest BCUT2D eigenvalue weighted by molar-refractivity contribution is 0.0846. The monoisotopic (exact) mass is 575 g/mol. The van der Waals surface area contributed by atoms with Gasteiger partial charge in [-0.25, -0.2) is 9.78 Å². The molecule has 1 aliphatic rings. The maximum Gasteiger partial charge on any atom is 0.409 e. The van der Waals surface area contributed by atoms with Crippen LogP contribution < -0.4 is 11.1 Å². The van der Waals surface area contributed by atoms with Gasteiger partial charge in [0.2, 0.25) is 0 Å². The quantitative estimate of drug-likeness (QED) is 0.109. The third-order valence-corrected chi connectivity index (χ3v) is 9.08. The molecule has 40 heavy (non-hydrogen) atoms. The lowest BCUT2D eigenvalue weighted by Gasteiger charge is -2.17. The van der Waals surface area contributed by atoms with Crippen LogP contribution in [0.2, 0.25) is 30.7 Å². The molecule has 2 aromatic carbocycles. The summed E-state index contributed by atoms with van der Waals surface area (Å²) in [5.74, 6) is 0.945. The minimum atomic E-state index is -1.21. The summed E-state index contributed by atoms with van der Waals surface area (Å²) >= 11 is 6.24. The fraction of sp³-hybridized carbons (Fsp3) is 0.300. The predicted octanol–water partition coefficient (Wildman–Crippen LogP) is 7.33. The third kappa shape index (κ3) is 6.38. The van der Waals surface area contributed by atoms with Gasteiger partial charge in [-0.1, -0.05) is 43.4 Å². The number of amides is 1. The molecule has 4 N–H and O–H groups in total. The normalized spacial score (nSPS) is 14.8. The number of halogens is 1. The van der Waals surface area contributed by atoms with Gasteiger partial charge in [-0.05, 0) is 60.8 Å². The summed E-state index contributed by atoms with van der Waals surface area (Å²) in [6.07, 6.45) is 4.57. The number of aromatic nitrogens is 3. The Balaban J connectivity index is 1.45. The molecule has 8 nitrogen and oxygen atoms in total. The van der Waals surface area contributed by atoms with Gasteiger partial charge in [0.15, 0.2) is 0 Å². The lowest BCUT2D eigenvalue weighted by atomic mass is 10.0. The molecule has 0 aliphatic heterocycles. The predicted molar refractivity (Wildman–Crippen MR) is 163 cm³/mol. The van der Waals surface area contributed by atoms with Crippen molar-refractivity contribution >= 4 is 37.1 Å². The van der Waals surface area contributed by atoms with Crippen molar-refractivity contribution in [3.63, 3.8) is 0 Å². The zero-order valence-electron chi connectivity index (χ0n) is 22.9. The van der Waals surface area contributed by atoms with Gasteiger partial charge in [-0.3, -0.25) is 10.3 Å². The first-order chi connectivity index (χ1) is 19.1. The van der Waals surface area contributed by atoms with Gasteiger partial charge in [-0.15, -0.1) is 0 Å². The maximum atomic E-state index is 11.0. The average molecular weight is 576 g/mol. The molecule has 0 radical (unpaired) electrons. The molecule has 4 aromatic rings. The van der Waals surface area contributed by atoms with Gasteiger partial charge in [0.05, 0.1) is 17.3 Å². The molecule has 1 aliphatic carbocycles. The van der Waals surface area contributed by atoms with E-state index in [1.165, 1.54) is 5.56 Å². The number of imidazole rings is 1. The van der Waals surface area contributed by atoms with Gasteiger partial charge in [0.25, 0.3) is 0 Å². The van der Waals surface area contributed by atoms with E-state index in [-0.39, 0.29) is 5.92 Å². The van der Waals surface area contributed by atoms with Crippen LogP contribution in [-0.2, 0) is 17.9 Å². The van der Waals surface area contributed by atoms with Crippen LogP contribution in [0.15, 0.2) is 60.9 Å².